The second-order valence-electron chi connectivity index (χ2n) is 6.37. The third kappa shape index (κ3) is 4.61. The van der Waals surface area contributed by atoms with E-state index in [-0.39, 0.29) is 0 Å². The van der Waals surface area contributed by atoms with Crippen molar-refractivity contribution in [1.29, 1.82) is 0 Å². The number of ether oxygens (including phenoxy) is 1. The molecule has 144 valence electrons. The zero-order valence-electron chi connectivity index (χ0n) is 15.0. The van der Waals surface area contributed by atoms with Gasteiger partial charge < -0.3 is 25.2 Å². The summed E-state index contributed by atoms with van der Waals surface area (Å²) in [5.41, 5.74) is 3.62. The van der Waals surface area contributed by atoms with Crippen molar-refractivity contribution >= 4 is 5.97 Å². The van der Waals surface area contributed by atoms with Crippen molar-refractivity contribution < 1.29 is 30.0 Å². The van der Waals surface area contributed by atoms with Crippen LogP contribution in [0.25, 0.3) is 11.1 Å². The minimum Gasteiger partial charge on any atom is -0.423 e. The van der Waals surface area contributed by atoms with Crippen LogP contribution >= 0.6 is 0 Å². The van der Waals surface area contributed by atoms with Gasteiger partial charge in [-0.15, -0.1) is 0 Å². The van der Waals surface area contributed by atoms with Crippen LogP contribution in [-0.4, -0.2) is 52.8 Å². The second-order valence-corrected chi connectivity index (χ2v) is 6.37. The summed E-state index contributed by atoms with van der Waals surface area (Å²) in [6, 6.07) is 14.1. The summed E-state index contributed by atoms with van der Waals surface area (Å²) in [5, 5.41) is 34.0. The molecule has 6 nitrogen and oxygen atoms in total. The molecule has 0 unspecified atom stereocenters. The van der Waals surface area contributed by atoms with Crippen LogP contribution in [0.4, 0.5) is 0 Å². The number of rotatable bonds is 6. The van der Waals surface area contributed by atoms with E-state index in [2.05, 4.69) is 24.8 Å². The predicted octanol–water partition coefficient (Wildman–Crippen LogP) is 1.29. The Balaban J connectivity index is 0.000000249. The van der Waals surface area contributed by atoms with Crippen LogP contribution < -0.4 is 4.74 Å². The lowest BCUT2D eigenvalue weighted by Crippen LogP contribution is -2.37. The summed E-state index contributed by atoms with van der Waals surface area (Å²) < 4.78 is 5.28. The molecule has 0 heterocycles. The molecule has 0 radical (unpaired) electrons. The number of hydrogen-bond donors (Lipinski definition) is 4. The minimum absolute atomic E-state index is 0.406. The average molecular weight is 372 g/mol. The van der Waals surface area contributed by atoms with Gasteiger partial charge in [-0.3, -0.25) is 0 Å². The van der Waals surface area contributed by atoms with E-state index < -0.39 is 37.8 Å². The Bertz CT molecular complexity index is 777. The molecule has 0 aliphatic heterocycles. The van der Waals surface area contributed by atoms with E-state index in [4.69, 9.17) is 25.2 Å². The van der Waals surface area contributed by atoms with E-state index in [1.54, 1.807) is 0 Å². The Labute approximate surface area is 158 Å². The summed E-state index contributed by atoms with van der Waals surface area (Å²) in [5.74, 6) is 0.216. The summed E-state index contributed by atoms with van der Waals surface area (Å²) in [6.45, 7) is 1.79. The molecule has 0 spiro atoms. The van der Waals surface area contributed by atoms with Crippen LogP contribution in [0.15, 0.2) is 55.1 Å². The van der Waals surface area contributed by atoms with Crippen LogP contribution in [0.1, 0.15) is 11.1 Å². The zero-order chi connectivity index (χ0) is 19.9. The number of carbonyl (C=O) groups is 1. The molecular weight excluding hydrogens is 348 g/mol. The maximum Gasteiger partial charge on any atom is 0.335 e. The van der Waals surface area contributed by atoms with Gasteiger partial charge in [-0.05, 0) is 22.8 Å². The first kappa shape index (κ1) is 20.8. The smallest absolute Gasteiger partial charge is 0.335 e. The van der Waals surface area contributed by atoms with Gasteiger partial charge in [0.25, 0.3) is 0 Å². The van der Waals surface area contributed by atoms with Crippen molar-refractivity contribution in [1.82, 2.24) is 0 Å². The highest BCUT2D eigenvalue weighted by Crippen LogP contribution is 2.40. The number of fused-ring (bicyclic) bond motifs is 3. The molecule has 3 rings (SSSR count). The van der Waals surface area contributed by atoms with Crippen molar-refractivity contribution in [3.05, 3.63) is 66.2 Å². The molecule has 0 bridgehead atoms. The Morgan fingerprint density at radius 3 is 2.11 bits per heavy atom. The first-order chi connectivity index (χ1) is 13.0. The first-order valence-electron chi connectivity index (χ1n) is 8.52. The van der Waals surface area contributed by atoms with E-state index in [9.17, 15) is 4.79 Å². The lowest BCUT2D eigenvalue weighted by molar-refractivity contribution is -0.129. The van der Waals surface area contributed by atoms with Crippen molar-refractivity contribution in [3.63, 3.8) is 0 Å². The fraction of sp³-hybridized carbons (Fsp3) is 0.286. The molecule has 0 saturated heterocycles. The van der Waals surface area contributed by atoms with E-state index in [1.807, 2.05) is 24.3 Å². The molecule has 0 amide bonds. The Morgan fingerprint density at radius 2 is 1.56 bits per heavy atom. The summed E-state index contributed by atoms with van der Waals surface area (Å²) in [4.78, 5) is 11.3. The normalized spacial score (nSPS) is 11.7. The lowest BCUT2D eigenvalue weighted by Gasteiger charge is -2.23. The molecular formula is C21H24O6. The summed E-state index contributed by atoms with van der Waals surface area (Å²) in [7, 11) is 0. The third-order valence-corrected chi connectivity index (χ3v) is 4.53. The molecule has 0 aromatic heterocycles. The van der Waals surface area contributed by atoms with E-state index in [0.29, 0.717) is 5.75 Å². The Morgan fingerprint density at radius 1 is 0.963 bits per heavy atom. The van der Waals surface area contributed by atoms with Crippen molar-refractivity contribution in [3.8, 4) is 16.9 Å². The SMILES string of the molecule is C=CC(=O)Oc1cccc2c1Cc1ccccc1-2.OCC(CO)(CO)CO. The van der Waals surface area contributed by atoms with Gasteiger partial charge in [0.05, 0.1) is 31.8 Å². The third-order valence-electron chi connectivity index (χ3n) is 4.53. The van der Waals surface area contributed by atoms with Gasteiger partial charge in [0.2, 0.25) is 0 Å². The highest BCUT2D eigenvalue weighted by molar-refractivity contribution is 5.85. The topological polar surface area (TPSA) is 107 Å². The number of aliphatic hydroxyl groups excluding tert-OH is 4. The van der Waals surface area contributed by atoms with Crippen molar-refractivity contribution in [2.75, 3.05) is 26.4 Å². The number of hydrogen-bond acceptors (Lipinski definition) is 6. The quantitative estimate of drug-likeness (QED) is 0.295. The molecule has 2 aromatic rings. The van der Waals surface area contributed by atoms with E-state index >= 15 is 0 Å². The monoisotopic (exact) mass is 372 g/mol. The van der Waals surface area contributed by atoms with Gasteiger partial charge in [-0.25, -0.2) is 4.79 Å². The number of esters is 1. The first-order valence-corrected chi connectivity index (χ1v) is 8.52. The molecule has 4 N–H and O–H groups in total. The minimum atomic E-state index is -1.11. The average Bonchev–Trinajstić information content (AvgIpc) is 3.10. The van der Waals surface area contributed by atoms with Crippen molar-refractivity contribution in [2.24, 2.45) is 5.41 Å². The number of benzene rings is 2. The van der Waals surface area contributed by atoms with Gasteiger partial charge in [0.1, 0.15) is 5.75 Å². The van der Waals surface area contributed by atoms with Crippen LogP contribution in [0.2, 0.25) is 0 Å². The van der Waals surface area contributed by atoms with Crippen LogP contribution in [0, 0.1) is 5.41 Å². The maximum absolute atomic E-state index is 11.3. The molecule has 0 atom stereocenters. The van der Waals surface area contributed by atoms with Gasteiger partial charge in [-0.2, -0.15) is 0 Å². The largest absolute Gasteiger partial charge is 0.423 e. The summed E-state index contributed by atoms with van der Waals surface area (Å²) >= 11 is 0. The van der Waals surface area contributed by atoms with Crippen LogP contribution in [0.3, 0.4) is 0 Å². The van der Waals surface area contributed by atoms with Gasteiger partial charge in [0.15, 0.2) is 0 Å². The van der Waals surface area contributed by atoms with Crippen molar-refractivity contribution in [2.45, 2.75) is 6.42 Å². The van der Waals surface area contributed by atoms with Gasteiger partial charge in [-0.1, -0.05) is 43.0 Å². The maximum atomic E-state index is 11.3. The van der Waals surface area contributed by atoms with Crippen LogP contribution in [-0.2, 0) is 11.2 Å². The molecule has 2 aromatic carbocycles. The Hall–Kier alpha value is -2.51. The highest BCUT2D eigenvalue weighted by Gasteiger charge is 2.26. The standard InChI is InChI=1S/C16H12O2.C5H12O4/c1-2-16(17)18-15-9-5-8-13-12-7-4-3-6-11(12)10-14(13)15;6-1-5(2-7,3-8)4-9/h2-9H,1,10H2;6-9H,1-4H2. The molecule has 0 fully saturated rings. The van der Waals surface area contributed by atoms with Gasteiger partial charge >= 0.3 is 5.97 Å². The van der Waals surface area contributed by atoms with E-state index in [1.165, 1.54) is 17.2 Å². The predicted molar refractivity (Wildman–Crippen MR) is 101 cm³/mol. The number of aliphatic hydroxyl groups is 4. The van der Waals surface area contributed by atoms with Crippen LogP contribution in [0.5, 0.6) is 5.75 Å². The van der Waals surface area contributed by atoms with Gasteiger partial charge in [0, 0.05) is 18.1 Å². The molecule has 27 heavy (non-hydrogen) atoms. The molecule has 1 aliphatic rings. The fourth-order valence-corrected chi connectivity index (χ4v) is 2.67. The fourth-order valence-electron chi connectivity index (χ4n) is 2.67. The van der Waals surface area contributed by atoms with E-state index in [0.717, 1.165) is 17.5 Å². The number of carbonyl (C=O) groups excluding carboxylic acids is 1. The summed E-state index contributed by atoms with van der Waals surface area (Å²) in [6.07, 6.45) is 1.99. The molecule has 6 heteroatoms. The highest BCUT2D eigenvalue weighted by atomic mass is 16.5. The zero-order valence-corrected chi connectivity index (χ0v) is 15.0. The molecule has 0 saturated carbocycles. The molecule has 1 aliphatic carbocycles. The second kappa shape index (κ2) is 9.43. The Kier molecular flexibility index (Phi) is 7.27. The lowest BCUT2D eigenvalue weighted by atomic mass is 9.93.